The van der Waals surface area contributed by atoms with Crippen molar-refractivity contribution in [1.29, 1.82) is 0 Å². The fourth-order valence-corrected chi connectivity index (χ4v) is 10.1. The number of ether oxygens (including phenoxy) is 5. The highest BCUT2D eigenvalue weighted by molar-refractivity contribution is 5.92. The molecule has 2 saturated carbocycles. The number of carbonyl (C=O) groups excluding carboxylic acids is 2. The van der Waals surface area contributed by atoms with Gasteiger partial charge in [-0.15, -0.1) is 0 Å². The van der Waals surface area contributed by atoms with E-state index in [9.17, 15) is 9.59 Å². The topological polar surface area (TPSA) is 93.4 Å². The Labute approximate surface area is 246 Å². The van der Waals surface area contributed by atoms with E-state index in [-0.39, 0.29) is 47.5 Å². The number of carbonyl (C=O) groups is 2. The predicted octanol–water partition coefficient (Wildman–Crippen LogP) is 4.36. The first-order valence-electron chi connectivity index (χ1n) is 15.9. The van der Waals surface area contributed by atoms with Gasteiger partial charge in [-0.05, 0) is 79.7 Å². The summed E-state index contributed by atoms with van der Waals surface area (Å²) < 4.78 is 31.9. The minimum atomic E-state index is -0.735. The SMILES string of the molecule is CC(C)[C@]12O[C@H]1[C@@H]1O[C@]13[C@]1(O[C@H]1C[C@H]1C4=C(CC[C@@]13C)C(=O)OC4)[C@@H]2OC(=O)/C=C/c1ccc(N2CCCCC2)cc1. The summed E-state index contributed by atoms with van der Waals surface area (Å²) in [5, 5.41) is 0. The highest BCUT2D eigenvalue weighted by Gasteiger charge is 3.01. The summed E-state index contributed by atoms with van der Waals surface area (Å²) in [6, 6.07) is 8.39. The summed E-state index contributed by atoms with van der Waals surface area (Å²) in [4.78, 5) is 28.4. The fraction of sp³-hybridized carbons (Fsp3) is 0.647. The van der Waals surface area contributed by atoms with Crippen molar-refractivity contribution in [2.24, 2.45) is 17.3 Å². The number of benzene rings is 1. The number of anilines is 1. The lowest BCUT2D eigenvalue weighted by Gasteiger charge is -2.53. The monoisotopic (exact) mass is 573 g/mol. The number of hydrogen-bond donors (Lipinski definition) is 0. The molecule has 0 amide bonds. The van der Waals surface area contributed by atoms with Crippen molar-refractivity contribution in [2.75, 3.05) is 24.6 Å². The van der Waals surface area contributed by atoms with Gasteiger partial charge in [-0.25, -0.2) is 9.59 Å². The maximum atomic E-state index is 13.5. The van der Waals surface area contributed by atoms with Gasteiger partial charge in [0.1, 0.15) is 30.0 Å². The van der Waals surface area contributed by atoms with Crippen molar-refractivity contribution < 1.29 is 33.3 Å². The quantitative estimate of drug-likeness (QED) is 0.292. The Balaban J connectivity index is 1.00. The van der Waals surface area contributed by atoms with Crippen LogP contribution in [0.25, 0.3) is 6.08 Å². The second kappa shape index (κ2) is 8.27. The van der Waals surface area contributed by atoms with Crippen molar-refractivity contribution in [3.8, 4) is 0 Å². The molecule has 9 rings (SSSR count). The van der Waals surface area contributed by atoms with Crippen LogP contribution in [0.2, 0.25) is 0 Å². The van der Waals surface area contributed by atoms with Crippen molar-refractivity contribution in [3.63, 3.8) is 0 Å². The molecule has 9 atom stereocenters. The molecule has 0 bridgehead atoms. The lowest BCUT2D eigenvalue weighted by atomic mass is 9.46. The van der Waals surface area contributed by atoms with Crippen LogP contribution in [0, 0.1) is 17.3 Å². The van der Waals surface area contributed by atoms with Gasteiger partial charge in [0.15, 0.2) is 11.7 Å². The minimum absolute atomic E-state index is 0.0956. The first-order valence-corrected chi connectivity index (χ1v) is 15.9. The van der Waals surface area contributed by atoms with Gasteiger partial charge in [-0.3, -0.25) is 0 Å². The zero-order chi connectivity index (χ0) is 28.6. The molecule has 0 radical (unpaired) electrons. The van der Waals surface area contributed by atoms with Gasteiger partial charge >= 0.3 is 11.9 Å². The number of esters is 2. The molecule has 6 fully saturated rings. The Morgan fingerprint density at radius 2 is 1.86 bits per heavy atom. The van der Waals surface area contributed by atoms with E-state index in [1.54, 1.807) is 0 Å². The first-order chi connectivity index (χ1) is 20.3. The molecule has 1 aromatic rings. The van der Waals surface area contributed by atoms with E-state index in [1.165, 1.54) is 31.0 Å². The van der Waals surface area contributed by atoms with E-state index in [1.807, 2.05) is 6.08 Å². The normalized spacial score (nSPS) is 45.8. The Kier molecular flexibility index (Phi) is 5.08. The van der Waals surface area contributed by atoms with Crippen molar-refractivity contribution >= 4 is 23.7 Å². The molecule has 5 aliphatic heterocycles. The molecular weight excluding hydrogens is 534 g/mol. The van der Waals surface area contributed by atoms with E-state index < -0.39 is 22.9 Å². The highest BCUT2D eigenvalue weighted by Crippen LogP contribution is 2.83. The van der Waals surface area contributed by atoms with Crippen LogP contribution >= 0.6 is 0 Å². The average molecular weight is 574 g/mol. The molecule has 0 N–H and O–H groups in total. The van der Waals surface area contributed by atoms with Crippen molar-refractivity contribution in [3.05, 3.63) is 47.1 Å². The smallest absolute Gasteiger partial charge is 0.334 e. The lowest BCUT2D eigenvalue weighted by molar-refractivity contribution is -0.163. The van der Waals surface area contributed by atoms with Crippen LogP contribution in [0.3, 0.4) is 0 Å². The zero-order valence-corrected chi connectivity index (χ0v) is 24.6. The van der Waals surface area contributed by atoms with Gasteiger partial charge in [0.2, 0.25) is 0 Å². The summed E-state index contributed by atoms with van der Waals surface area (Å²) in [5.41, 5.74) is 1.96. The molecule has 2 spiro atoms. The molecule has 42 heavy (non-hydrogen) atoms. The fourth-order valence-electron chi connectivity index (χ4n) is 10.1. The van der Waals surface area contributed by atoms with Crippen LogP contribution in [0.15, 0.2) is 41.5 Å². The lowest BCUT2D eigenvalue weighted by Crippen LogP contribution is -2.70. The van der Waals surface area contributed by atoms with Crippen LogP contribution in [0.5, 0.6) is 0 Å². The van der Waals surface area contributed by atoms with Gasteiger partial charge in [0.05, 0.1) is 6.10 Å². The van der Waals surface area contributed by atoms with E-state index in [4.69, 9.17) is 23.7 Å². The second-order valence-corrected chi connectivity index (χ2v) is 14.3. The molecule has 222 valence electrons. The van der Waals surface area contributed by atoms with Crippen molar-refractivity contribution in [2.45, 2.75) is 101 Å². The van der Waals surface area contributed by atoms with E-state index in [0.717, 1.165) is 42.6 Å². The molecular formula is C34H39NO7. The maximum Gasteiger partial charge on any atom is 0.334 e. The number of nitrogens with zero attached hydrogens (tertiary/aromatic N) is 1. The van der Waals surface area contributed by atoms with Crippen LogP contribution in [-0.2, 0) is 33.3 Å². The first kappa shape index (κ1) is 25.8. The molecule has 0 aromatic heterocycles. The van der Waals surface area contributed by atoms with Crippen LogP contribution < -0.4 is 4.90 Å². The zero-order valence-electron chi connectivity index (χ0n) is 24.6. The number of cyclic esters (lactones) is 1. The molecule has 8 aliphatic rings. The number of hydrogen-bond acceptors (Lipinski definition) is 8. The van der Waals surface area contributed by atoms with Gasteiger partial charge in [-0.1, -0.05) is 32.9 Å². The summed E-state index contributed by atoms with van der Waals surface area (Å²) in [5.74, 6) is -0.282. The summed E-state index contributed by atoms with van der Waals surface area (Å²) in [7, 11) is 0. The second-order valence-electron chi connectivity index (χ2n) is 14.3. The Hall–Kier alpha value is -2.68. The van der Waals surface area contributed by atoms with E-state index in [2.05, 4.69) is 49.9 Å². The highest BCUT2D eigenvalue weighted by atomic mass is 16.8. The number of epoxide rings is 3. The molecule has 8 heteroatoms. The third-order valence-electron chi connectivity index (χ3n) is 12.3. The van der Waals surface area contributed by atoms with Crippen LogP contribution in [0.4, 0.5) is 5.69 Å². The van der Waals surface area contributed by atoms with Gasteiger partial charge < -0.3 is 28.6 Å². The molecule has 8 nitrogen and oxygen atoms in total. The van der Waals surface area contributed by atoms with E-state index >= 15 is 0 Å². The number of fused-ring (bicyclic) bond motifs is 4. The largest absolute Gasteiger partial charge is 0.458 e. The Morgan fingerprint density at radius 3 is 2.62 bits per heavy atom. The van der Waals surface area contributed by atoms with Gasteiger partial charge in [0, 0.05) is 35.8 Å². The summed E-state index contributed by atoms with van der Waals surface area (Å²) >= 11 is 0. The van der Waals surface area contributed by atoms with Crippen LogP contribution in [-0.4, -0.2) is 72.9 Å². The molecule has 5 heterocycles. The van der Waals surface area contributed by atoms with Crippen LogP contribution in [0.1, 0.15) is 64.9 Å². The summed E-state index contributed by atoms with van der Waals surface area (Å²) in [6.45, 7) is 9.14. The van der Waals surface area contributed by atoms with Gasteiger partial charge in [-0.2, -0.15) is 0 Å². The number of piperidine rings is 1. The predicted molar refractivity (Wildman–Crippen MR) is 153 cm³/mol. The molecule has 1 aromatic carbocycles. The van der Waals surface area contributed by atoms with Crippen molar-refractivity contribution in [1.82, 2.24) is 0 Å². The molecule has 3 aliphatic carbocycles. The minimum Gasteiger partial charge on any atom is -0.458 e. The van der Waals surface area contributed by atoms with E-state index in [0.29, 0.717) is 13.0 Å². The van der Waals surface area contributed by atoms with Gasteiger partial charge in [0.25, 0.3) is 0 Å². The Bertz CT molecular complexity index is 1440. The Morgan fingerprint density at radius 1 is 1.07 bits per heavy atom. The average Bonchev–Trinajstić information content (AvgIpc) is 3.91. The standard InChI is InChI=1S/C34H39NO7/c1-19(2)32-27(41-32)28-34(42-28)31(3)14-13-22-23(18-38-29(22)37)24(31)17-25-33(34,40-25)30(32)39-26(36)12-9-20-7-10-21(11-8-20)35-15-5-4-6-16-35/h7-12,19,24-25,27-28,30H,4-6,13-18H2,1-3H3/b12-9+/t24-,25-,27-,28-,30+,31-,32-,33+,34+/m0/s1. The maximum absolute atomic E-state index is 13.5. The molecule has 4 saturated heterocycles. The summed E-state index contributed by atoms with van der Waals surface area (Å²) in [6.07, 6.45) is 8.51. The molecule has 0 unspecified atom stereocenters. The number of rotatable bonds is 5. The third kappa shape index (κ3) is 2.99. The third-order valence-corrected chi connectivity index (χ3v) is 12.3.